The van der Waals surface area contributed by atoms with E-state index in [1.807, 2.05) is 67.6 Å². The van der Waals surface area contributed by atoms with E-state index in [4.69, 9.17) is 16.7 Å². The summed E-state index contributed by atoms with van der Waals surface area (Å²) in [6.07, 6.45) is 0. The van der Waals surface area contributed by atoms with Gasteiger partial charge in [-0.15, -0.1) is 11.6 Å². The summed E-state index contributed by atoms with van der Waals surface area (Å²) in [7, 11) is 0. The fourth-order valence-electron chi connectivity index (χ4n) is 2.78. The van der Waals surface area contributed by atoms with Crippen LogP contribution in [0.3, 0.4) is 0 Å². The van der Waals surface area contributed by atoms with Crippen LogP contribution in [0, 0.1) is 6.92 Å². The highest BCUT2D eigenvalue weighted by Gasteiger charge is 2.24. The summed E-state index contributed by atoms with van der Waals surface area (Å²) in [5.74, 6) is 0.332. The fourth-order valence-corrected chi connectivity index (χ4v) is 2.98. The topological polar surface area (TPSA) is 46.9 Å². The summed E-state index contributed by atoms with van der Waals surface area (Å²) < 4.78 is 1.78. The molecule has 0 aliphatic heterocycles. The van der Waals surface area contributed by atoms with Gasteiger partial charge in [0.05, 0.1) is 11.4 Å². The van der Waals surface area contributed by atoms with Gasteiger partial charge in [-0.05, 0) is 24.1 Å². The van der Waals surface area contributed by atoms with Gasteiger partial charge < -0.3 is 5.32 Å². The number of carbonyl (C=O) groups is 1. The van der Waals surface area contributed by atoms with Gasteiger partial charge >= 0.3 is 0 Å². The molecule has 3 rings (SSSR count). The number of benzene rings is 2. The highest BCUT2D eigenvalue weighted by atomic mass is 35.5. The molecule has 4 nitrogen and oxygen atoms in total. The lowest BCUT2D eigenvalue weighted by Gasteiger charge is -2.14. The molecule has 1 N–H and O–H groups in total. The van der Waals surface area contributed by atoms with Crippen LogP contribution in [0.4, 0.5) is 5.82 Å². The van der Waals surface area contributed by atoms with Gasteiger partial charge in [0.1, 0.15) is 11.2 Å². The molecule has 0 fully saturated rings. The van der Waals surface area contributed by atoms with E-state index in [1.54, 1.807) is 4.68 Å². The number of amides is 1. The van der Waals surface area contributed by atoms with Crippen molar-refractivity contribution in [2.24, 2.45) is 0 Å². The van der Waals surface area contributed by atoms with E-state index in [0.717, 1.165) is 22.5 Å². The summed E-state index contributed by atoms with van der Waals surface area (Å²) in [6, 6.07) is 19.2. The van der Waals surface area contributed by atoms with Gasteiger partial charge in [-0.1, -0.05) is 69.3 Å². The lowest BCUT2D eigenvalue weighted by molar-refractivity contribution is -0.116. The number of hydrogen-bond acceptors (Lipinski definition) is 2. The lowest BCUT2D eigenvalue weighted by Crippen LogP contribution is -2.19. The molecule has 0 aliphatic carbocycles. The Morgan fingerprint density at radius 1 is 1.07 bits per heavy atom. The molecular formula is C22H24ClN3O. The van der Waals surface area contributed by atoms with Crippen LogP contribution in [-0.4, -0.2) is 15.7 Å². The first kappa shape index (κ1) is 19.2. The molecule has 1 aromatic heterocycles. The molecule has 2 aromatic carbocycles. The van der Waals surface area contributed by atoms with Crippen molar-refractivity contribution in [3.8, 4) is 5.69 Å². The molecule has 3 aromatic rings. The smallest absolute Gasteiger partial charge is 0.248 e. The van der Waals surface area contributed by atoms with Crippen molar-refractivity contribution < 1.29 is 4.79 Å². The van der Waals surface area contributed by atoms with Crippen molar-refractivity contribution in [2.45, 2.75) is 38.5 Å². The quantitative estimate of drug-likeness (QED) is 0.615. The first-order valence-electron chi connectivity index (χ1n) is 8.94. The Hall–Kier alpha value is -2.59. The molecular weight excluding hydrogens is 358 g/mol. The predicted octanol–water partition coefficient (Wildman–Crippen LogP) is 5.40. The molecule has 0 unspecified atom stereocenters. The first-order valence-corrected chi connectivity index (χ1v) is 9.37. The zero-order valence-electron chi connectivity index (χ0n) is 16.0. The van der Waals surface area contributed by atoms with Crippen molar-refractivity contribution in [1.82, 2.24) is 9.78 Å². The number of hydrogen-bond donors (Lipinski definition) is 1. The number of rotatable bonds is 4. The van der Waals surface area contributed by atoms with Crippen LogP contribution in [0.5, 0.6) is 0 Å². The first-order chi connectivity index (χ1) is 12.8. The largest absolute Gasteiger partial charge is 0.309 e. The number of alkyl halides is 1. The highest BCUT2D eigenvalue weighted by molar-refractivity contribution is 6.32. The molecule has 0 radical (unpaired) electrons. The van der Waals surface area contributed by atoms with Gasteiger partial charge in [-0.2, -0.15) is 5.10 Å². The Labute approximate surface area is 165 Å². The molecule has 1 atom stereocenters. The molecule has 0 spiro atoms. The van der Waals surface area contributed by atoms with Crippen LogP contribution < -0.4 is 5.32 Å². The number of para-hydroxylation sites is 1. The fraction of sp³-hybridized carbons (Fsp3) is 0.273. The van der Waals surface area contributed by atoms with Gasteiger partial charge in [0.25, 0.3) is 0 Å². The maximum Gasteiger partial charge on any atom is 0.248 e. The van der Waals surface area contributed by atoms with Crippen LogP contribution in [0.25, 0.3) is 5.69 Å². The Morgan fingerprint density at radius 2 is 1.70 bits per heavy atom. The summed E-state index contributed by atoms with van der Waals surface area (Å²) in [5, 5.41) is 6.94. The second-order valence-corrected chi connectivity index (χ2v) is 8.06. The minimum absolute atomic E-state index is 0.146. The second kappa shape index (κ2) is 7.57. The number of anilines is 1. The van der Waals surface area contributed by atoms with E-state index in [2.05, 4.69) is 26.1 Å². The Morgan fingerprint density at radius 3 is 2.33 bits per heavy atom. The Balaban J connectivity index is 1.98. The zero-order chi connectivity index (χ0) is 19.6. The monoisotopic (exact) mass is 381 g/mol. The SMILES string of the molecule is Cc1ccccc1-n1nc(C(C)(C)C)cc1NC(=O)[C@H](Cl)c1ccccc1. The molecule has 0 aliphatic rings. The molecule has 0 saturated carbocycles. The lowest BCUT2D eigenvalue weighted by atomic mass is 9.92. The number of nitrogens with one attached hydrogen (secondary N) is 1. The van der Waals surface area contributed by atoms with Crippen LogP contribution in [0.15, 0.2) is 60.7 Å². The van der Waals surface area contributed by atoms with Crippen molar-refractivity contribution in [3.05, 3.63) is 77.5 Å². The molecule has 1 amide bonds. The van der Waals surface area contributed by atoms with Gasteiger partial charge in [0, 0.05) is 11.5 Å². The molecule has 1 heterocycles. The summed E-state index contributed by atoms with van der Waals surface area (Å²) in [6.45, 7) is 8.31. The van der Waals surface area contributed by atoms with Gasteiger partial charge in [0.15, 0.2) is 0 Å². The Kier molecular flexibility index (Phi) is 5.38. The number of carbonyl (C=O) groups excluding carboxylic acids is 1. The molecule has 5 heteroatoms. The molecule has 0 bridgehead atoms. The van der Waals surface area contributed by atoms with Crippen LogP contribution >= 0.6 is 11.6 Å². The van der Waals surface area contributed by atoms with E-state index in [-0.39, 0.29) is 11.3 Å². The van der Waals surface area contributed by atoms with Crippen LogP contribution in [0.2, 0.25) is 0 Å². The molecule has 0 saturated heterocycles. The van der Waals surface area contributed by atoms with E-state index in [9.17, 15) is 4.79 Å². The third kappa shape index (κ3) is 4.22. The summed E-state index contributed by atoms with van der Waals surface area (Å²) in [4.78, 5) is 12.8. The normalized spacial score (nSPS) is 12.6. The van der Waals surface area contributed by atoms with Crippen LogP contribution in [-0.2, 0) is 10.2 Å². The number of aryl methyl sites for hydroxylation is 1. The average Bonchev–Trinajstić information content (AvgIpc) is 3.06. The van der Waals surface area contributed by atoms with Gasteiger partial charge in [-0.25, -0.2) is 4.68 Å². The molecule has 27 heavy (non-hydrogen) atoms. The van der Waals surface area contributed by atoms with Gasteiger partial charge in [0.2, 0.25) is 5.91 Å². The van der Waals surface area contributed by atoms with E-state index in [0.29, 0.717) is 5.82 Å². The zero-order valence-corrected chi connectivity index (χ0v) is 16.8. The summed E-state index contributed by atoms with van der Waals surface area (Å²) >= 11 is 6.39. The van der Waals surface area contributed by atoms with E-state index >= 15 is 0 Å². The van der Waals surface area contributed by atoms with Crippen molar-refractivity contribution in [3.63, 3.8) is 0 Å². The van der Waals surface area contributed by atoms with E-state index in [1.165, 1.54) is 0 Å². The second-order valence-electron chi connectivity index (χ2n) is 7.63. The van der Waals surface area contributed by atoms with Gasteiger partial charge in [-0.3, -0.25) is 4.79 Å². The van der Waals surface area contributed by atoms with Crippen molar-refractivity contribution in [2.75, 3.05) is 5.32 Å². The van der Waals surface area contributed by atoms with Crippen molar-refractivity contribution >= 4 is 23.3 Å². The Bertz CT molecular complexity index is 942. The third-order valence-corrected chi connectivity index (χ3v) is 4.85. The summed E-state index contributed by atoms with van der Waals surface area (Å²) in [5.41, 5.74) is 3.51. The maximum absolute atomic E-state index is 12.8. The number of halogens is 1. The standard InChI is InChI=1S/C22H24ClN3O/c1-15-10-8-9-13-17(15)26-19(14-18(25-26)22(2,3)4)24-21(27)20(23)16-11-6-5-7-12-16/h5-14,20H,1-4H3,(H,24,27)/t20-/m1/s1. The number of aromatic nitrogens is 2. The average molecular weight is 382 g/mol. The number of nitrogens with zero attached hydrogens (tertiary/aromatic N) is 2. The predicted molar refractivity (Wildman–Crippen MR) is 111 cm³/mol. The minimum Gasteiger partial charge on any atom is -0.309 e. The minimum atomic E-state index is -0.774. The van der Waals surface area contributed by atoms with Crippen molar-refractivity contribution in [1.29, 1.82) is 0 Å². The van der Waals surface area contributed by atoms with E-state index < -0.39 is 5.38 Å². The van der Waals surface area contributed by atoms with Crippen LogP contribution in [0.1, 0.15) is 43.0 Å². The maximum atomic E-state index is 12.8. The third-order valence-electron chi connectivity index (χ3n) is 4.40. The highest BCUT2D eigenvalue weighted by Crippen LogP contribution is 2.29. The molecule has 140 valence electrons.